The average molecular weight is 229 g/mol. The molecule has 3 nitrogen and oxygen atoms in total. The van der Waals surface area contributed by atoms with Crippen LogP contribution in [0, 0.1) is 0 Å². The number of aromatic amines is 1. The molecule has 0 saturated heterocycles. The highest BCUT2D eigenvalue weighted by molar-refractivity contribution is 5.23. The van der Waals surface area contributed by atoms with E-state index in [4.69, 9.17) is 0 Å². The summed E-state index contributed by atoms with van der Waals surface area (Å²) in [7, 11) is 0. The van der Waals surface area contributed by atoms with Crippen molar-refractivity contribution < 1.29 is 0 Å². The second-order valence-corrected chi connectivity index (χ2v) is 4.89. The average Bonchev–Trinajstić information content (AvgIpc) is 2.83. The van der Waals surface area contributed by atoms with Gasteiger partial charge in [-0.1, -0.05) is 44.2 Å². The Morgan fingerprint density at radius 2 is 2.00 bits per heavy atom. The fourth-order valence-electron chi connectivity index (χ4n) is 1.88. The predicted molar refractivity (Wildman–Crippen MR) is 69.8 cm³/mol. The molecule has 0 radical (unpaired) electrons. The van der Waals surface area contributed by atoms with Gasteiger partial charge in [0.2, 0.25) is 0 Å². The highest BCUT2D eigenvalue weighted by Gasteiger charge is 2.19. The first-order valence-electron chi connectivity index (χ1n) is 5.93. The van der Waals surface area contributed by atoms with Crippen LogP contribution >= 0.6 is 0 Å². The minimum atomic E-state index is 0.133. The molecule has 3 heteroatoms. The molecule has 0 bridgehead atoms. The molecular formula is C14H19N3. The maximum atomic E-state index is 4.19. The second-order valence-electron chi connectivity index (χ2n) is 4.89. The lowest BCUT2D eigenvalue weighted by atomic mass is 9.85. The summed E-state index contributed by atoms with van der Waals surface area (Å²) in [6, 6.07) is 10.6. The fourth-order valence-corrected chi connectivity index (χ4v) is 1.88. The Morgan fingerprint density at radius 3 is 2.65 bits per heavy atom. The second kappa shape index (κ2) is 5.15. The molecule has 0 fully saturated rings. The number of nitrogens with one attached hydrogen (secondary N) is 2. The van der Waals surface area contributed by atoms with Gasteiger partial charge in [-0.05, 0) is 5.56 Å². The van der Waals surface area contributed by atoms with Crippen LogP contribution in [0.4, 0.5) is 0 Å². The Bertz CT molecular complexity index is 432. The molecule has 2 rings (SSSR count). The van der Waals surface area contributed by atoms with Crippen molar-refractivity contribution in [3.63, 3.8) is 0 Å². The molecule has 90 valence electrons. The van der Waals surface area contributed by atoms with E-state index in [1.54, 1.807) is 6.20 Å². The molecule has 1 heterocycles. The van der Waals surface area contributed by atoms with Crippen molar-refractivity contribution in [3.05, 3.63) is 54.1 Å². The molecule has 0 aliphatic heterocycles. The maximum Gasteiger partial charge on any atom is 0.120 e. The van der Waals surface area contributed by atoms with Crippen LogP contribution in [0.2, 0.25) is 0 Å². The number of imidazole rings is 1. The fraction of sp³-hybridized carbons (Fsp3) is 0.357. The summed E-state index contributed by atoms with van der Waals surface area (Å²) in [5.74, 6) is 0.980. The predicted octanol–water partition coefficient (Wildman–Crippen LogP) is 2.48. The summed E-state index contributed by atoms with van der Waals surface area (Å²) in [5.41, 5.74) is 1.49. The van der Waals surface area contributed by atoms with Gasteiger partial charge in [0, 0.05) is 24.4 Å². The first-order valence-corrected chi connectivity index (χ1v) is 5.93. The van der Waals surface area contributed by atoms with Gasteiger partial charge in [-0.15, -0.1) is 0 Å². The van der Waals surface area contributed by atoms with Gasteiger partial charge in [0.15, 0.2) is 0 Å². The Labute approximate surface area is 102 Å². The standard InChI is InChI=1S/C14H19N3/c1-14(2,12-6-4-3-5-7-12)11-15-10-13-16-8-9-17-13/h3-9,15H,10-11H2,1-2H3,(H,16,17). The van der Waals surface area contributed by atoms with E-state index in [1.165, 1.54) is 5.56 Å². The van der Waals surface area contributed by atoms with E-state index >= 15 is 0 Å². The van der Waals surface area contributed by atoms with Crippen LogP contribution in [0.5, 0.6) is 0 Å². The van der Waals surface area contributed by atoms with Gasteiger partial charge in [-0.3, -0.25) is 0 Å². The van der Waals surface area contributed by atoms with Gasteiger partial charge in [0.1, 0.15) is 5.82 Å². The zero-order valence-corrected chi connectivity index (χ0v) is 10.4. The highest BCUT2D eigenvalue weighted by atomic mass is 15.0. The lowest BCUT2D eigenvalue weighted by molar-refractivity contribution is 0.465. The first-order chi connectivity index (χ1) is 8.18. The minimum Gasteiger partial charge on any atom is -0.348 e. The quantitative estimate of drug-likeness (QED) is 0.827. The van der Waals surface area contributed by atoms with E-state index < -0.39 is 0 Å². The molecule has 0 aliphatic rings. The van der Waals surface area contributed by atoms with Crippen LogP contribution < -0.4 is 5.32 Å². The Kier molecular flexibility index (Phi) is 3.59. The SMILES string of the molecule is CC(C)(CNCc1ncc[nH]1)c1ccccc1. The zero-order valence-electron chi connectivity index (χ0n) is 10.4. The minimum absolute atomic E-state index is 0.133. The van der Waals surface area contributed by atoms with Crippen LogP contribution in [-0.2, 0) is 12.0 Å². The zero-order chi connectivity index (χ0) is 12.1. The smallest absolute Gasteiger partial charge is 0.120 e. The molecule has 0 atom stereocenters. The van der Waals surface area contributed by atoms with E-state index in [0.717, 1.165) is 18.9 Å². The summed E-state index contributed by atoms with van der Waals surface area (Å²) >= 11 is 0. The van der Waals surface area contributed by atoms with Crippen molar-refractivity contribution in [3.8, 4) is 0 Å². The Hall–Kier alpha value is -1.61. The Morgan fingerprint density at radius 1 is 1.24 bits per heavy atom. The highest BCUT2D eigenvalue weighted by Crippen LogP contribution is 2.21. The van der Waals surface area contributed by atoms with Crippen LogP contribution in [-0.4, -0.2) is 16.5 Å². The lowest BCUT2D eigenvalue weighted by Gasteiger charge is -2.25. The topological polar surface area (TPSA) is 40.7 Å². The molecular weight excluding hydrogens is 210 g/mol. The van der Waals surface area contributed by atoms with Gasteiger partial charge >= 0.3 is 0 Å². The summed E-state index contributed by atoms with van der Waals surface area (Å²) in [6.07, 6.45) is 3.62. The van der Waals surface area contributed by atoms with Gasteiger partial charge in [-0.25, -0.2) is 4.98 Å². The summed E-state index contributed by atoms with van der Waals surface area (Å²) < 4.78 is 0. The number of H-pyrrole nitrogens is 1. The molecule has 17 heavy (non-hydrogen) atoms. The molecule has 0 saturated carbocycles. The van der Waals surface area contributed by atoms with Crippen molar-refractivity contribution in [2.75, 3.05) is 6.54 Å². The number of hydrogen-bond acceptors (Lipinski definition) is 2. The summed E-state index contributed by atoms with van der Waals surface area (Å²) in [5, 5.41) is 3.43. The number of aromatic nitrogens is 2. The monoisotopic (exact) mass is 229 g/mol. The first kappa shape index (κ1) is 11.9. The van der Waals surface area contributed by atoms with Gasteiger partial charge < -0.3 is 10.3 Å². The molecule has 0 aliphatic carbocycles. The van der Waals surface area contributed by atoms with E-state index in [2.05, 4.69) is 59.5 Å². The van der Waals surface area contributed by atoms with Crippen LogP contribution in [0.3, 0.4) is 0 Å². The summed E-state index contributed by atoms with van der Waals surface area (Å²) in [6.45, 7) is 6.20. The van der Waals surface area contributed by atoms with Crippen LogP contribution in [0.1, 0.15) is 25.2 Å². The van der Waals surface area contributed by atoms with Crippen molar-refractivity contribution in [2.45, 2.75) is 25.8 Å². The number of rotatable bonds is 5. The molecule has 2 aromatic rings. The number of benzene rings is 1. The molecule has 1 aromatic carbocycles. The van der Waals surface area contributed by atoms with E-state index in [1.807, 2.05) is 6.20 Å². The molecule has 0 spiro atoms. The van der Waals surface area contributed by atoms with E-state index in [-0.39, 0.29) is 5.41 Å². The maximum absolute atomic E-state index is 4.19. The van der Waals surface area contributed by atoms with Gasteiger partial charge in [-0.2, -0.15) is 0 Å². The largest absolute Gasteiger partial charge is 0.348 e. The van der Waals surface area contributed by atoms with Crippen molar-refractivity contribution in [1.29, 1.82) is 0 Å². The summed E-state index contributed by atoms with van der Waals surface area (Å²) in [4.78, 5) is 7.28. The third kappa shape index (κ3) is 3.17. The van der Waals surface area contributed by atoms with Crippen molar-refractivity contribution in [1.82, 2.24) is 15.3 Å². The van der Waals surface area contributed by atoms with Crippen molar-refractivity contribution >= 4 is 0 Å². The van der Waals surface area contributed by atoms with Crippen LogP contribution in [0.25, 0.3) is 0 Å². The molecule has 1 aromatic heterocycles. The van der Waals surface area contributed by atoms with E-state index in [9.17, 15) is 0 Å². The third-order valence-electron chi connectivity index (χ3n) is 2.97. The normalized spacial score (nSPS) is 11.6. The number of nitrogens with zero attached hydrogens (tertiary/aromatic N) is 1. The van der Waals surface area contributed by atoms with Gasteiger partial charge in [0.05, 0.1) is 6.54 Å². The van der Waals surface area contributed by atoms with Gasteiger partial charge in [0.25, 0.3) is 0 Å². The third-order valence-corrected chi connectivity index (χ3v) is 2.97. The number of hydrogen-bond donors (Lipinski definition) is 2. The van der Waals surface area contributed by atoms with E-state index in [0.29, 0.717) is 0 Å². The lowest BCUT2D eigenvalue weighted by Crippen LogP contribution is -2.32. The van der Waals surface area contributed by atoms with Crippen LogP contribution in [0.15, 0.2) is 42.7 Å². The molecule has 2 N–H and O–H groups in total. The molecule has 0 amide bonds. The van der Waals surface area contributed by atoms with Crippen molar-refractivity contribution in [2.24, 2.45) is 0 Å². The molecule has 0 unspecified atom stereocenters. The Balaban J connectivity index is 1.90.